The van der Waals surface area contributed by atoms with Crippen molar-refractivity contribution in [2.24, 2.45) is 0 Å². The number of unbranched alkanes of at least 4 members (excludes halogenated alkanes) is 1. The molecule has 6 nitrogen and oxygen atoms in total. The van der Waals surface area contributed by atoms with Crippen LogP contribution in [0.15, 0.2) is 0 Å². The highest BCUT2D eigenvalue weighted by Gasteiger charge is 2.54. The molecule has 15 heavy (non-hydrogen) atoms. The third-order valence-electron chi connectivity index (χ3n) is 1.23. The van der Waals surface area contributed by atoms with E-state index in [1.54, 1.807) is 6.07 Å². The number of halogens is 2. The lowest BCUT2D eigenvalue weighted by atomic mass is 10.3. The van der Waals surface area contributed by atoms with E-state index in [0.717, 1.165) is 0 Å². The molecule has 0 aliphatic carbocycles. The third kappa shape index (κ3) is 3.77. The first-order valence-electron chi connectivity index (χ1n) is 3.62. The van der Waals surface area contributed by atoms with E-state index in [0.29, 0.717) is 0 Å². The minimum Gasteiger partial charge on any atom is -0.460 e. The Kier molecular flexibility index (Phi) is 4.57. The molecule has 0 spiro atoms. The largest absolute Gasteiger partial charge is 0.465 e. The van der Waals surface area contributed by atoms with Crippen molar-refractivity contribution in [2.75, 3.05) is 6.61 Å². The molecule has 0 aliphatic rings. The molecule has 0 radical (unpaired) electrons. The summed E-state index contributed by atoms with van der Waals surface area (Å²) in [4.78, 5) is 10.5. The van der Waals surface area contributed by atoms with Crippen molar-refractivity contribution in [3.05, 3.63) is 0 Å². The van der Waals surface area contributed by atoms with Crippen LogP contribution in [0, 0.1) is 11.3 Å². The molecule has 0 saturated heterocycles. The van der Waals surface area contributed by atoms with Crippen molar-refractivity contribution in [3.63, 3.8) is 0 Å². The standard InChI is InChI=1S/C6H7F2NO5S/c7-6(8,15(11,12)13)5(10)14-4-2-1-3-9/h1-2,4H2,(H,11,12,13). The van der Waals surface area contributed by atoms with Gasteiger partial charge in [0, 0.05) is 6.42 Å². The van der Waals surface area contributed by atoms with Crippen LogP contribution in [0.25, 0.3) is 0 Å². The van der Waals surface area contributed by atoms with Crippen LogP contribution >= 0.6 is 0 Å². The molecule has 0 atom stereocenters. The van der Waals surface area contributed by atoms with Crippen molar-refractivity contribution in [1.29, 1.82) is 5.26 Å². The number of ether oxygens (including phenoxy) is 1. The highest BCUT2D eigenvalue weighted by molar-refractivity contribution is 7.87. The van der Waals surface area contributed by atoms with E-state index in [4.69, 9.17) is 9.81 Å². The third-order valence-corrected chi connectivity index (χ3v) is 2.04. The predicted molar refractivity (Wildman–Crippen MR) is 42.3 cm³/mol. The van der Waals surface area contributed by atoms with Crippen LogP contribution in [0.2, 0.25) is 0 Å². The Bertz CT molecular complexity index is 371. The molecule has 86 valence electrons. The van der Waals surface area contributed by atoms with Crippen LogP contribution < -0.4 is 0 Å². The highest BCUT2D eigenvalue weighted by Crippen LogP contribution is 2.22. The van der Waals surface area contributed by atoms with Gasteiger partial charge < -0.3 is 4.74 Å². The number of rotatable bonds is 5. The number of hydrogen-bond donors (Lipinski definition) is 1. The van der Waals surface area contributed by atoms with E-state index in [1.807, 2.05) is 0 Å². The van der Waals surface area contributed by atoms with Gasteiger partial charge in [0.05, 0.1) is 12.7 Å². The first-order chi connectivity index (χ1) is 6.73. The Morgan fingerprint density at radius 1 is 1.53 bits per heavy atom. The maximum absolute atomic E-state index is 12.5. The van der Waals surface area contributed by atoms with Crippen LogP contribution in [0.3, 0.4) is 0 Å². The molecule has 0 aromatic carbocycles. The Morgan fingerprint density at radius 2 is 2.07 bits per heavy atom. The first kappa shape index (κ1) is 13.7. The van der Waals surface area contributed by atoms with Crippen molar-refractivity contribution in [2.45, 2.75) is 18.1 Å². The Labute approximate surface area is 84.2 Å². The fraction of sp³-hybridized carbons (Fsp3) is 0.667. The van der Waals surface area contributed by atoms with Gasteiger partial charge in [0.15, 0.2) is 0 Å². The summed E-state index contributed by atoms with van der Waals surface area (Å²) in [5.74, 6) is -2.36. The summed E-state index contributed by atoms with van der Waals surface area (Å²) in [6.45, 7) is -0.516. The molecule has 0 unspecified atom stereocenters. The minimum atomic E-state index is -5.82. The summed E-state index contributed by atoms with van der Waals surface area (Å²) in [5, 5.41) is 3.07. The summed E-state index contributed by atoms with van der Waals surface area (Å²) in [6.07, 6.45) is -0.0193. The van der Waals surface area contributed by atoms with Gasteiger partial charge in [-0.1, -0.05) is 0 Å². The van der Waals surface area contributed by atoms with Crippen LogP contribution in [0.4, 0.5) is 8.78 Å². The van der Waals surface area contributed by atoms with Crippen LogP contribution in [0.1, 0.15) is 12.8 Å². The van der Waals surface area contributed by atoms with E-state index in [9.17, 15) is 22.0 Å². The topological polar surface area (TPSA) is 104 Å². The minimum absolute atomic E-state index is 0.00377. The molecule has 0 fully saturated rings. The lowest BCUT2D eigenvalue weighted by molar-refractivity contribution is -0.161. The molecular weight excluding hydrogens is 236 g/mol. The van der Waals surface area contributed by atoms with Gasteiger partial charge in [-0.05, 0) is 6.42 Å². The molecule has 0 bridgehead atoms. The van der Waals surface area contributed by atoms with Gasteiger partial charge >= 0.3 is 21.3 Å². The fourth-order valence-electron chi connectivity index (χ4n) is 0.505. The van der Waals surface area contributed by atoms with Gasteiger partial charge in [0.1, 0.15) is 0 Å². The molecule has 0 amide bonds. The van der Waals surface area contributed by atoms with Crippen LogP contribution in [0.5, 0.6) is 0 Å². The normalized spacial score (nSPS) is 11.9. The average Bonchev–Trinajstić information content (AvgIpc) is 2.10. The maximum Gasteiger partial charge on any atom is 0.465 e. The Hall–Kier alpha value is -1.27. The molecule has 0 rings (SSSR count). The summed E-state index contributed by atoms with van der Waals surface area (Å²) in [5.41, 5.74) is 0. The second-order valence-electron chi connectivity index (χ2n) is 2.39. The number of carbonyl (C=O) groups excluding carboxylic acids is 1. The second-order valence-corrected chi connectivity index (χ2v) is 3.85. The number of alkyl halides is 2. The molecule has 0 heterocycles. The highest BCUT2D eigenvalue weighted by atomic mass is 32.2. The molecular formula is C6H7F2NO5S. The average molecular weight is 243 g/mol. The zero-order valence-corrected chi connectivity index (χ0v) is 8.13. The van der Waals surface area contributed by atoms with Crippen molar-refractivity contribution in [1.82, 2.24) is 0 Å². The summed E-state index contributed by atoms with van der Waals surface area (Å²) in [6, 6.07) is 1.66. The zero-order valence-electron chi connectivity index (χ0n) is 7.31. The quantitative estimate of drug-likeness (QED) is 0.423. The van der Waals surface area contributed by atoms with Crippen molar-refractivity contribution in [3.8, 4) is 6.07 Å². The molecule has 0 aromatic heterocycles. The van der Waals surface area contributed by atoms with Gasteiger partial charge in [-0.2, -0.15) is 22.5 Å². The Balaban J connectivity index is 4.30. The van der Waals surface area contributed by atoms with E-state index in [-0.39, 0.29) is 12.8 Å². The lowest BCUT2D eigenvalue weighted by Crippen LogP contribution is -2.39. The SMILES string of the molecule is N#CCCCOC(=O)C(F)(F)S(=O)(=O)O. The molecule has 0 saturated carbocycles. The number of nitrogens with zero attached hydrogens (tertiary/aromatic N) is 1. The molecule has 0 aromatic rings. The van der Waals surface area contributed by atoms with Gasteiger partial charge in [0.2, 0.25) is 0 Å². The van der Waals surface area contributed by atoms with Gasteiger partial charge in [0.25, 0.3) is 0 Å². The van der Waals surface area contributed by atoms with Crippen LogP contribution in [-0.4, -0.2) is 30.8 Å². The molecule has 0 aliphatic heterocycles. The Morgan fingerprint density at radius 3 is 2.47 bits per heavy atom. The van der Waals surface area contributed by atoms with E-state index < -0.39 is 27.9 Å². The zero-order chi connectivity index (χ0) is 12.1. The van der Waals surface area contributed by atoms with Crippen molar-refractivity contribution >= 4 is 16.1 Å². The number of carbonyl (C=O) groups is 1. The van der Waals surface area contributed by atoms with Gasteiger partial charge in [-0.15, -0.1) is 0 Å². The summed E-state index contributed by atoms with van der Waals surface area (Å²) in [7, 11) is -5.82. The van der Waals surface area contributed by atoms with E-state index in [1.165, 1.54) is 0 Å². The molecule has 1 N–H and O–H groups in total. The smallest absolute Gasteiger partial charge is 0.460 e. The fourth-order valence-corrected chi connectivity index (χ4v) is 0.775. The van der Waals surface area contributed by atoms with E-state index in [2.05, 4.69) is 4.74 Å². The van der Waals surface area contributed by atoms with Gasteiger partial charge in [-0.3, -0.25) is 4.55 Å². The first-order valence-corrected chi connectivity index (χ1v) is 5.06. The maximum atomic E-state index is 12.5. The monoisotopic (exact) mass is 243 g/mol. The molecule has 9 heteroatoms. The summed E-state index contributed by atoms with van der Waals surface area (Å²) >= 11 is 0. The lowest BCUT2D eigenvalue weighted by Gasteiger charge is -2.11. The number of hydrogen-bond acceptors (Lipinski definition) is 5. The predicted octanol–water partition coefficient (Wildman–Crippen LogP) is 0.314. The van der Waals surface area contributed by atoms with E-state index >= 15 is 0 Å². The number of esters is 1. The van der Waals surface area contributed by atoms with Gasteiger partial charge in [-0.25, -0.2) is 4.79 Å². The van der Waals surface area contributed by atoms with Crippen LogP contribution in [-0.2, 0) is 19.6 Å². The second kappa shape index (κ2) is 4.99. The number of nitriles is 1. The summed E-state index contributed by atoms with van der Waals surface area (Å²) < 4.78 is 56.8. The van der Waals surface area contributed by atoms with Crippen molar-refractivity contribution < 1.29 is 31.3 Å².